The van der Waals surface area contributed by atoms with E-state index in [9.17, 15) is 14.7 Å². The van der Waals surface area contributed by atoms with Crippen molar-refractivity contribution in [3.63, 3.8) is 0 Å². The first-order valence-corrected chi connectivity index (χ1v) is 11.5. The van der Waals surface area contributed by atoms with Crippen LogP contribution in [0.2, 0.25) is 5.02 Å². The molecule has 2 aromatic carbocycles. The maximum Gasteiger partial charge on any atom is 0.353 e. The van der Waals surface area contributed by atoms with Gasteiger partial charge >= 0.3 is 11.9 Å². The van der Waals surface area contributed by atoms with Crippen LogP contribution in [0.1, 0.15) is 58.7 Å². The Hall–Kier alpha value is -3.46. The van der Waals surface area contributed by atoms with Gasteiger partial charge in [-0.3, -0.25) is 0 Å². The summed E-state index contributed by atoms with van der Waals surface area (Å²) in [5.41, 5.74) is -0.124. The number of oxime groups is 1. The molecule has 0 saturated carbocycles. The highest BCUT2D eigenvalue weighted by Gasteiger charge is 2.35. The zero-order valence-corrected chi connectivity index (χ0v) is 22.5. The third-order valence-corrected chi connectivity index (χ3v) is 5.16. The van der Waals surface area contributed by atoms with Crippen LogP contribution in [0.25, 0.3) is 0 Å². The largest absolute Gasteiger partial charge is 0.497 e. The molecule has 2 N–H and O–H groups in total. The Kier molecular flexibility index (Phi) is 9.21. The molecular weight excluding hydrogens is 488 g/mol. The number of rotatable bonds is 10. The number of hydrogen-bond acceptors (Lipinski definition) is 8. The van der Waals surface area contributed by atoms with Gasteiger partial charge in [0.2, 0.25) is 5.60 Å². The van der Waals surface area contributed by atoms with Crippen molar-refractivity contribution in [2.75, 3.05) is 19.5 Å². The standard InChI is InChI=1S/C26H33ClN2O7/c1-15(29-36-26(5,6)24(32)35-25(2,3)4)16-11-18(14-19(12-16)33-7)28-22(23(30)31)20-10-9-17(27)13-21(20)34-8/h9-14,22,28H,1-8H3,(H,30,31). The van der Waals surface area contributed by atoms with Gasteiger partial charge in [0, 0.05) is 27.9 Å². The lowest BCUT2D eigenvalue weighted by Crippen LogP contribution is -2.40. The normalized spacial score (nSPS) is 13.0. The van der Waals surface area contributed by atoms with Crippen molar-refractivity contribution < 1.29 is 33.7 Å². The van der Waals surface area contributed by atoms with Gasteiger partial charge in [-0.15, -0.1) is 0 Å². The monoisotopic (exact) mass is 520 g/mol. The molecule has 0 radical (unpaired) electrons. The maximum absolute atomic E-state index is 12.5. The molecule has 0 amide bonds. The highest BCUT2D eigenvalue weighted by Crippen LogP contribution is 2.32. The summed E-state index contributed by atoms with van der Waals surface area (Å²) in [7, 11) is 2.94. The molecular formula is C26H33ClN2O7. The van der Waals surface area contributed by atoms with E-state index in [0.29, 0.717) is 39.0 Å². The van der Waals surface area contributed by atoms with E-state index in [-0.39, 0.29) is 0 Å². The zero-order chi connectivity index (χ0) is 27.3. The highest BCUT2D eigenvalue weighted by atomic mass is 35.5. The lowest BCUT2D eigenvalue weighted by atomic mass is 10.0. The Morgan fingerprint density at radius 3 is 2.25 bits per heavy atom. The second-order valence-corrected chi connectivity index (χ2v) is 9.97. The van der Waals surface area contributed by atoms with Crippen molar-refractivity contribution in [1.29, 1.82) is 0 Å². The molecule has 0 aliphatic heterocycles. The van der Waals surface area contributed by atoms with E-state index in [2.05, 4.69) is 10.5 Å². The van der Waals surface area contributed by atoms with Gasteiger partial charge in [-0.1, -0.05) is 22.8 Å². The molecule has 9 nitrogen and oxygen atoms in total. The predicted octanol–water partition coefficient (Wildman–Crippen LogP) is 5.46. The molecule has 0 fully saturated rings. The minimum absolute atomic E-state index is 0.334. The van der Waals surface area contributed by atoms with Crippen LogP contribution in [-0.4, -0.2) is 48.2 Å². The highest BCUT2D eigenvalue weighted by molar-refractivity contribution is 6.30. The molecule has 10 heteroatoms. The number of benzene rings is 2. The molecule has 2 rings (SSSR count). The summed E-state index contributed by atoms with van der Waals surface area (Å²) in [4.78, 5) is 30.1. The number of ether oxygens (including phenoxy) is 3. The Bertz CT molecular complexity index is 1140. The number of carbonyl (C=O) groups excluding carboxylic acids is 1. The van der Waals surface area contributed by atoms with Gasteiger partial charge in [0.15, 0.2) is 6.04 Å². The molecule has 196 valence electrons. The van der Waals surface area contributed by atoms with Gasteiger partial charge in [0.05, 0.1) is 19.9 Å². The summed E-state index contributed by atoms with van der Waals surface area (Å²) in [6.07, 6.45) is 0. The average Bonchev–Trinajstić information content (AvgIpc) is 2.79. The number of esters is 1. The molecule has 0 aliphatic rings. The van der Waals surface area contributed by atoms with E-state index in [0.717, 1.165) is 0 Å². The maximum atomic E-state index is 12.5. The first-order valence-electron chi connectivity index (χ1n) is 11.2. The van der Waals surface area contributed by atoms with Gasteiger partial charge in [-0.2, -0.15) is 0 Å². The molecule has 36 heavy (non-hydrogen) atoms. The molecule has 1 atom stereocenters. The summed E-state index contributed by atoms with van der Waals surface area (Å²) in [6, 6.07) is 8.65. The van der Waals surface area contributed by atoms with Crippen molar-refractivity contribution in [3.05, 3.63) is 52.5 Å². The Morgan fingerprint density at radius 1 is 1.03 bits per heavy atom. The first kappa shape index (κ1) is 28.8. The van der Waals surface area contributed by atoms with E-state index in [1.54, 1.807) is 77.9 Å². The van der Waals surface area contributed by atoms with Crippen molar-refractivity contribution in [2.45, 2.75) is 58.8 Å². The van der Waals surface area contributed by atoms with Crippen LogP contribution in [0.15, 0.2) is 41.6 Å². The van der Waals surface area contributed by atoms with Crippen LogP contribution in [0.4, 0.5) is 5.69 Å². The number of methoxy groups -OCH3 is 2. The summed E-state index contributed by atoms with van der Waals surface area (Å²) >= 11 is 6.03. The van der Waals surface area contributed by atoms with Crippen molar-refractivity contribution in [1.82, 2.24) is 0 Å². The van der Waals surface area contributed by atoms with E-state index in [1.807, 2.05) is 0 Å². The van der Waals surface area contributed by atoms with Crippen LogP contribution in [0, 0.1) is 0 Å². The number of carboxylic acid groups (broad SMARTS) is 1. The third-order valence-electron chi connectivity index (χ3n) is 4.93. The van der Waals surface area contributed by atoms with Crippen LogP contribution in [-0.2, 0) is 19.2 Å². The average molecular weight is 521 g/mol. The van der Waals surface area contributed by atoms with Crippen LogP contribution in [0.3, 0.4) is 0 Å². The lowest BCUT2D eigenvalue weighted by molar-refractivity contribution is -0.179. The second-order valence-electron chi connectivity index (χ2n) is 9.53. The number of carboxylic acids is 1. The van der Waals surface area contributed by atoms with Crippen LogP contribution < -0.4 is 14.8 Å². The predicted molar refractivity (Wildman–Crippen MR) is 138 cm³/mol. The number of nitrogens with one attached hydrogen (secondary N) is 1. The smallest absolute Gasteiger partial charge is 0.353 e. The number of hydrogen-bond donors (Lipinski definition) is 2. The summed E-state index contributed by atoms with van der Waals surface area (Å²) in [5.74, 6) is -0.877. The molecule has 0 saturated heterocycles. The lowest BCUT2D eigenvalue weighted by Gasteiger charge is -2.26. The van der Waals surface area contributed by atoms with Gasteiger partial charge in [0.25, 0.3) is 0 Å². The number of nitrogens with zero attached hydrogens (tertiary/aromatic N) is 1. The van der Waals surface area contributed by atoms with E-state index in [1.165, 1.54) is 14.2 Å². The van der Waals surface area contributed by atoms with Crippen LogP contribution in [0.5, 0.6) is 11.5 Å². The van der Waals surface area contributed by atoms with Crippen molar-refractivity contribution >= 4 is 34.9 Å². The molecule has 0 spiro atoms. The van der Waals surface area contributed by atoms with Crippen LogP contribution >= 0.6 is 11.6 Å². The molecule has 0 aliphatic carbocycles. The van der Waals surface area contributed by atoms with Gasteiger partial charge in [-0.05, 0) is 65.8 Å². The first-order chi connectivity index (χ1) is 16.7. The quantitative estimate of drug-likeness (QED) is 0.241. The third kappa shape index (κ3) is 7.78. The minimum Gasteiger partial charge on any atom is -0.497 e. The molecule has 0 bridgehead atoms. The Morgan fingerprint density at radius 2 is 1.69 bits per heavy atom. The molecule has 0 heterocycles. The topological polar surface area (TPSA) is 116 Å². The summed E-state index contributed by atoms with van der Waals surface area (Å²) in [5, 5.41) is 17.5. The number of halogens is 1. The zero-order valence-electron chi connectivity index (χ0n) is 21.8. The fourth-order valence-electron chi connectivity index (χ4n) is 3.05. The van der Waals surface area contributed by atoms with E-state index in [4.69, 9.17) is 30.6 Å². The Balaban J connectivity index is 2.37. The second kappa shape index (κ2) is 11.5. The van der Waals surface area contributed by atoms with Gasteiger partial charge in [0.1, 0.15) is 17.1 Å². The molecule has 2 aromatic rings. The SMILES string of the molecule is COc1cc(NC(C(=O)O)c2ccc(Cl)cc2OC)cc(C(C)=NOC(C)(C)C(=O)OC(C)(C)C)c1. The molecule has 0 aromatic heterocycles. The van der Waals surface area contributed by atoms with E-state index < -0.39 is 29.2 Å². The fraction of sp³-hybridized carbons (Fsp3) is 0.423. The van der Waals surface area contributed by atoms with E-state index >= 15 is 0 Å². The van der Waals surface area contributed by atoms with Crippen molar-refractivity contribution in [2.24, 2.45) is 5.16 Å². The minimum atomic E-state index is -1.33. The van der Waals surface area contributed by atoms with Crippen molar-refractivity contribution in [3.8, 4) is 11.5 Å². The molecule has 1 unspecified atom stereocenters. The van der Waals surface area contributed by atoms with Gasteiger partial charge in [-0.25, -0.2) is 9.59 Å². The fourth-order valence-corrected chi connectivity index (χ4v) is 3.21. The summed E-state index contributed by atoms with van der Waals surface area (Å²) < 4.78 is 16.1. The number of aliphatic carboxylic acids is 1. The van der Waals surface area contributed by atoms with Gasteiger partial charge < -0.3 is 29.5 Å². The Labute approximate surface area is 216 Å². The summed E-state index contributed by atoms with van der Waals surface area (Å²) in [6.45, 7) is 10.1. The number of carbonyl (C=O) groups is 2. The number of anilines is 1.